The summed E-state index contributed by atoms with van der Waals surface area (Å²) in [5, 5.41) is 12.0. The summed E-state index contributed by atoms with van der Waals surface area (Å²) in [6.45, 7) is 2.46. The molecule has 16 heavy (non-hydrogen) atoms. The zero-order valence-corrected chi connectivity index (χ0v) is 9.31. The van der Waals surface area contributed by atoms with Gasteiger partial charge in [0.05, 0.1) is 11.7 Å². The number of aliphatic hydroxyl groups is 1. The number of hydrogen-bond acceptors (Lipinski definition) is 3. The Hall–Kier alpha value is -1.42. The van der Waals surface area contributed by atoms with E-state index in [1.54, 1.807) is 18.3 Å². The van der Waals surface area contributed by atoms with Gasteiger partial charge in [0, 0.05) is 18.4 Å². The lowest BCUT2D eigenvalue weighted by Crippen LogP contribution is -2.38. The van der Waals surface area contributed by atoms with Gasteiger partial charge in [-0.25, -0.2) is 0 Å². The van der Waals surface area contributed by atoms with Crippen molar-refractivity contribution in [3.05, 3.63) is 29.6 Å². The fraction of sp³-hybridized carbons (Fsp3) is 0.500. The molecule has 4 heteroatoms. The number of aliphatic hydroxyl groups excluding tert-OH is 1. The molecule has 1 aromatic heterocycles. The van der Waals surface area contributed by atoms with Crippen LogP contribution in [0.2, 0.25) is 0 Å². The number of amides is 1. The first-order chi connectivity index (χ1) is 7.66. The minimum Gasteiger partial charge on any atom is -0.393 e. The van der Waals surface area contributed by atoms with Crippen molar-refractivity contribution in [1.29, 1.82) is 0 Å². The van der Waals surface area contributed by atoms with Gasteiger partial charge in [0.1, 0.15) is 0 Å². The predicted molar refractivity (Wildman–Crippen MR) is 60.0 cm³/mol. The lowest BCUT2D eigenvalue weighted by Gasteiger charge is -2.31. The summed E-state index contributed by atoms with van der Waals surface area (Å²) < 4.78 is 0. The van der Waals surface area contributed by atoms with Gasteiger partial charge >= 0.3 is 0 Å². The molecule has 0 saturated heterocycles. The highest BCUT2D eigenvalue weighted by Crippen LogP contribution is 2.26. The highest BCUT2D eigenvalue weighted by molar-refractivity contribution is 5.95. The smallest absolute Gasteiger partial charge is 0.253 e. The molecule has 1 aliphatic rings. The van der Waals surface area contributed by atoms with E-state index in [0.717, 1.165) is 18.5 Å². The summed E-state index contributed by atoms with van der Waals surface area (Å²) in [7, 11) is 0. The van der Waals surface area contributed by atoms with Crippen LogP contribution < -0.4 is 5.32 Å². The van der Waals surface area contributed by atoms with Crippen LogP contribution in [-0.4, -0.2) is 28.6 Å². The Bertz CT molecular complexity index is 386. The summed E-state index contributed by atoms with van der Waals surface area (Å²) in [6.07, 6.45) is 3.11. The molecule has 0 unspecified atom stereocenters. The SMILES string of the molecule is Cc1ncccc1C(=O)NCC1CC(O)C1. The van der Waals surface area contributed by atoms with Crippen LogP contribution >= 0.6 is 0 Å². The summed E-state index contributed by atoms with van der Waals surface area (Å²) in [4.78, 5) is 15.9. The molecule has 1 aromatic rings. The van der Waals surface area contributed by atoms with Gasteiger partial charge in [0.2, 0.25) is 0 Å². The van der Waals surface area contributed by atoms with Crippen molar-refractivity contribution in [3.8, 4) is 0 Å². The lowest BCUT2D eigenvalue weighted by molar-refractivity contribution is 0.0420. The Balaban J connectivity index is 1.86. The van der Waals surface area contributed by atoms with Crippen LogP contribution in [0.4, 0.5) is 0 Å². The van der Waals surface area contributed by atoms with Crippen LogP contribution in [0.1, 0.15) is 28.9 Å². The van der Waals surface area contributed by atoms with Crippen molar-refractivity contribution in [2.75, 3.05) is 6.54 Å². The van der Waals surface area contributed by atoms with Crippen molar-refractivity contribution < 1.29 is 9.90 Å². The molecule has 0 aromatic carbocycles. The second-order valence-electron chi connectivity index (χ2n) is 4.34. The molecular weight excluding hydrogens is 204 g/mol. The maximum atomic E-state index is 11.8. The molecule has 86 valence electrons. The first-order valence-electron chi connectivity index (χ1n) is 5.54. The van der Waals surface area contributed by atoms with Gasteiger partial charge in [-0.3, -0.25) is 9.78 Å². The van der Waals surface area contributed by atoms with E-state index in [1.165, 1.54) is 0 Å². The van der Waals surface area contributed by atoms with Gasteiger partial charge in [-0.2, -0.15) is 0 Å². The van der Waals surface area contributed by atoms with Gasteiger partial charge in [-0.1, -0.05) is 0 Å². The van der Waals surface area contributed by atoms with Crippen LogP contribution in [0.3, 0.4) is 0 Å². The van der Waals surface area contributed by atoms with Crippen molar-refractivity contribution in [2.45, 2.75) is 25.9 Å². The number of aryl methyl sites for hydroxylation is 1. The number of hydrogen-bond donors (Lipinski definition) is 2. The quantitative estimate of drug-likeness (QED) is 0.795. The molecule has 2 N–H and O–H groups in total. The maximum Gasteiger partial charge on any atom is 0.253 e. The van der Waals surface area contributed by atoms with Crippen molar-refractivity contribution >= 4 is 5.91 Å². The van der Waals surface area contributed by atoms with E-state index in [2.05, 4.69) is 10.3 Å². The Morgan fingerprint density at radius 1 is 1.62 bits per heavy atom. The Kier molecular flexibility index (Phi) is 3.19. The zero-order valence-electron chi connectivity index (χ0n) is 9.31. The summed E-state index contributed by atoms with van der Waals surface area (Å²) in [5.41, 5.74) is 1.37. The van der Waals surface area contributed by atoms with E-state index in [9.17, 15) is 4.79 Å². The second-order valence-corrected chi connectivity index (χ2v) is 4.34. The average molecular weight is 220 g/mol. The maximum absolute atomic E-state index is 11.8. The van der Waals surface area contributed by atoms with E-state index in [-0.39, 0.29) is 12.0 Å². The number of pyridine rings is 1. The number of aromatic nitrogens is 1. The Labute approximate surface area is 94.7 Å². The van der Waals surface area contributed by atoms with Gasteiger partial charge < -0.3 is 10.4 Å². The molecule has 0 bridgehead atoms. The molecular formula is C12H16N2O2. The van der Waals surface area contributed by atoms with Gasteiger partial charge in [-0.05, 0) is 37.8 Å². The van der Waals surface area contributed by atoms with E-state index >= 15 is 0 Å². The molecule has 0 aliphatic heterocycles. The zero-order chi connectivity index (χ0) is 11.5. The third kappa shape index (κ3) is 2.39. The average Bonchev–Trinajstić information content (AvgIpc) is 2.23. The molecule has 4 nitrogen and oxygen atoms in total. The van der Waals surface area contributed by atoms with E-state index in [0.29, 0.717) is 18.0 Å². The summed E-state index contributed by atoms with van der Waals surface area (Å²) in [5.74, 6) is 0.350. The van der Waals surface area contributed by atoms with Crippen molar-refractivity contribution in [1.82, 2.24) is 10.3 Å². The molecule has 1 aliphatic carbocycles. The van der Waals surface area contributed by atoms with Crippen LogP contribution in [0.15, 0.2) is 18.3 Å². The molecule has 1 heterocycles. The first-order valence-corrected chi connectivity index (χ1v) is 5.54. The van der Waals surface area contributed by atoms with Crippen LogP contribution in [-0.2, 0) is 0 Å². The number of nitrogens with one attached hydrogen (secondary N) is 1. The summed E-state index contributed by atoms with van der Waals surface area (Å²) in [6, 6.07) is 3.53. The highest BCUT2D eigenvalue weighted by atomic mass is 16.3. The van der Waals surface area contributed by atoms with Crippen LogP contribution in [0, 0.1) is 12.8 Å². The fourth-order valence-corrected chi connectivity index (χ4v) is 1.92. The fourth-order valence-electron chi connectivity index (χ4n) is 1.92. The number of rotatable bonds is 3. The number of nitrogens with zero attached hydrogens (tertiary/aromatic N) is 1. The second kappa shape index (κ2) is 4.61. The van der Waals surface area contributed by atoms with Gasteiger partial charge in [-0.15, -0.1) is 0 Å². The monoisotopic (exact) mass is 220 g/mol. The van der Waals surface area contributed by atoms with E-state index in [4.69, 9.17) is 5.11 Å². The van der Waals surface area contributed by atoms with Crippen molar-refractivity contribution in [2.24, 2.45) is 5.92 Å². The molecule has 1 amide bonds. The first kappa shape index (κ1) is 11.1. The third-order valence-electron chi connectivity index (χ3n) is 3.01. The molecule has 1 saturated carbocycles. The highest BCUT2D eigenvalue weighted by Gasteiger charge is 2.27. The molecule has 2 rings (SSSR count). The number of carbonyl (C=O) groups excluding carboxylic acids is 1. The number of carbonyl (C=O) groups is 1. The third-order valence-corrected chi connectivity index (χ3v) is 3.01. The largest absolute Gasteiger partial charge is 0.393 e. The standard InChI is InChI=1S/C12H16N2O2/c1-8-11(3-2-4-13-8)12(16)14-7-9-5-10(15)6-9/h2-4,9-10,15H,5-7H2,1H3,(H,14,16). The molecule has 0 radical (unpaired) electrons. The Morgan fingerprint density at radius 3 is 3.00 bits per heavy atom. The summed E-state index contributed by atoms with van der Waals surface area (Å²) >= 11 is 0. The molecule has 1 fully saturated rings. The normalized spacial score (nSPS) is 23.6. The molecule has 0 spiro atoms. The van der Waals surface area contributed by atoms with Crippen LogP contribution in [0.5, 0.6) is 0 Å². The van der Waals surface area contributed by atoms with Gasteiger partial charge in [0.25, 0.3) is 5.91 Å². The van der Waals surface area contributed by atoms with E-state index < -0.39 is 0 Å². The Morgan fingerprint density at radius 2 is 2.38 bits per heavy atom. The van der Waals surface area contributed by atoms with Crippen LogP contribution in [0.25, 0.3) is 0 Å². The van der Waals surface area contributed by atoms with Gasteiger partial charge in [0.15, 0.2) is 0 Å². The predicted octanol–water partition coefficient (Wildman–Crippen LogP) is 0.891. The minimum atomic E-state index is -0.165. The minimum absolute atomic E-state index is 0.0769. The lowest BCUT2D eigenvalue weighted by atomic mass is 9.82. The van der Waals surface area contributed by atoms with Crippen molar-refractivity contribution in [3.63, 3.8) is 0 Å². The topological polar surface area (TPSA) is 62.2 Å². The van der Waals surface area contributed by atoms with E-state index in [1.807, 2.05) is 6.92 Å². The molecule has 0 atom stereocenters.